The molecule has 15 heavy (non-hydrogen) atoms. The predicted octanol–water partition coefficient (Wildman–Crippen LogP) is 0.307. The summed E-state index contributed by atoms with van der Waals surface area (Å²) >= 11 is 0. The number of rotatable bonds is 3. The minimum atomic E-state index is 0.762. The summed E-state index contributed by atoms with van der Waals surface area (Å²) in [4.78, 5) is 6.11. The largest absolute Gasteiger partial charge is 0.357 e. The van der Waals surface area contributed by atoms with Crippen molar-refractivity contribution in [2.24, 2.45) is 5.92 Å². The van der Waals surface area contributed by atoms with E-state index in [2.05, 4.69) is 25.4 Å². The zero-order valence-corrected chi connectivity index (χ0v) is 9.06. The van der Waals surface area contributed by atoms with Crippen LogP contribution in [0.5, 0.6) is 0 Å². The van der Waals surface area contributed by atoms with Gasteiger partial charge in [0.05, 0.1) is 6.20 Å². The van der Waals surface area contributed by atoms with Crippen molar-refractivity contribution in [3.63, 3.8) is 0 Å². The highest BCUT2D eigenvalue weighted by Gasteiger charge is 2.15. The minimum absolute atomic E-state index is 0.762. The fourth-order valence-electron chi connectivity index (χ4n) is 1.96. The lowest BCUT2D eigenvalue weighted by Crippen LogP contribution is -2.34. The van der Waals surface area contributed by atoms with Crippen molar-refractivity contribution < 1.29 is 0 Å². The van der Waals surface area contributed by atoms with Crippen molar-refractivity contribution in [1.29, 1.82) is 0 Å². The Bertz CT molecular complexity index is 283. The lowest BCUT2D eigenvalue weighted by atomic mass is 9.98. The van der Waals surface area contributed by atoms with E-state index in [1.807, 2.05) is 7.05 Å². The highest BCUT2D eigenvalue weighted by atomic mass is 15.3. The Morgan fingerprint density at radius 2 is 2.27 bits per heavy atom. The van der Waals surface area contributed by atoms with E-state index in [4.69, 9.17) is 0 Å². The van der Waals surface area contributed by atoms with Gasteiger partial charge in [0.25, 0.3) is 0 Å². The third-order valence-corrected chi connectivity index (χ3v) is 2.85. The highest BCUT2D eigenvalue weighted by molar-refractivity contribution is 5.32. The van der Waals surface area contributed by atoms with Gasteiger partial charge in [0.1, 0.15) is 6.33 Å². The Morgan fingerprint density at radius 1 is 1.47 bits per heavy atom. The van der Waals surface area contributed by atoms with E-state index in [1.54, 1.807) is 6.20 Å². The molecule has 1 fully saturated rings. The van der Waals surface area contributed by atoms with E-state index in [0.717, 1.165) is 31.4 Å². The van der Waals surface area contributed by atoms with Crippen molar-refractivity contribution in [3.05, 3.63) is 12.5 Å². The first-order chi connectivity index (χ1) is 7.36. The first kappa shape index (κ1) is 10.3. The third kappa shape index (κ3) is 2.86. The van der Waals surface area contributed by atoms with Crippen LogP contribution in [0, 0.1) is 5.92 Å². The van der Waals surface area contributed by atoms with Gasteiger partial charge in [-0.1, -0.05) is 0 Å². The Morgan fingerprint density at radius 3 is 2.93 bits per heavy atom. The highest BCUT2D eigenvalue weighted by Crippen LogP contribution is 2.15. The number of hydrogen-bond donors (Lipinski definition) is 1. The normalized spacial score (nSPS) is 17.7. The molecular formula is C10H17N5. The van der Waals surface area contributed by atoms with Gasteiger partial charge in [-0.25, -0.2) is 4.98 Å². The quantitative estimate of drug-likeness (QED) is 0.773. The molecule has 0 atom stereocenters. The molecule has 5 heteroatoms. The van der Waals surface area contributed by atoms with Crippen molar-refractivity contribution >= 4 is 5.82 Å². The summed E-state index contributed by atoms with van der Waals surface area (Å²) in [5.74, 6) is 1.62. The molecule has 1 aromatic rings. The molecule has 0 bridgehead atoms. The first-order valence-electron chi connectivity index (χ1n) is 5.41. The van der Waals surface area contributed by atoms with Crippen molar-refractivity contribution in [2.45, 2.75) is 12.8 Å². The van der Waals surface area contributed by atoms with Crippen LogP contribution in [0.4, 0.5) is 5.82 Å². The van der Waals surface area contributed by atoms with E-state index in [1.165, 1.54) is 19.2 Å². The number of piperidine rings is 1. The van der Waals surface area contributed by atoms with Gasteiger partial charge in [-0.15, -0.1) is 10.2 Å². The topological polar surface area (TPSA) is 53.9 Å². The average Bonchev–Trinajstić information content (AvgIpc) is 2.31. The van der Waals surface area contributed by atoms with Gasteiger partial charge in [0.2, 0.25) is 0 Å². The van der Waals surface area contributed by atoms with E-state index < -0.39 is 0 Å². The van der Waals surface area contributed by atoms with Gasteiger partial charge < -0.3 is 10.2 Å². The zero-order valence-electron chi connectivity index (χ0n) is 9.06. The van der Waals surface area contributed by atoms with Crippen molar-refractivity contribution in [2.75, 3.05) is 31.6 Å². The molecule has 1 aliphatic heterocycles. The van der Waals surface area contributed by atoms with Crippen LogP contribution in [0.25, 0.3) is 0 Å². The SMILES string of the molecule is CN(CC1CCNCC1)c1cncnn1. The molecule has 5 nitrogen and oxygen atoms in total. The molecule has 0 aromatic carbocycles. The molecule has 1 aromatic heterocycles. The Labute approximate surface area is 89.9 Å². The van der Waals surface area contributed by atoms with Crippen LogP contribution in [0.15, 0.2) is 12.5 Å². The van der Waals surface area contributed by atoms with Gasteiger partial charge >= 0.3 is 0 Å². The van der Waals surface area contributed by atoms with Crippen LogP contribution >= 0.6 is 0 Å². The summed E-state index contributed by atoms with van der Waals surface area (Å²) in [7, 11) is 2.05. The molecule has 1 N–H and O–H groups in total. The number of hydrogen-bond acceptors (Lipinski definition) is 5. The van der Waals surface area contributed by atoms with Gasteiger partial charge in [-0.2, -0.15) is 0 Å². The fourth-order valence-corrected chi connectivity index (χ4v) is 1.96. The average molecular weight is 207 g/mol. The Balaban J connectivity index is 1.88. The molecule has 82 valence electrons. The molecule has 0 aliphatic carbocycles. The molecule has 0 saturated carbocycles. The van der Waals surface area contributed by atoms with Crippen molar-refractivity contribution in [1.82, 2.24) is 20.5 Å². The first-order valence-corrected chi connectivity index (χ1v) is 5.41. The van der Waals surface area contributed by atoms with Crippen LogP contribution in [0.2, 0.25) is 0 Å². The summed E-state index contributed by atoms with van der Waals surface area (Å²) < 4.78 is 0. The van der Waals surface area contributed by atoms with Gasteiger partial charge in [0, 0.05) is 13.6 Å². The van der Waals surface area contributed by atoms with E-state index in [9.17, 15) is 0 Å². The lowest BCUT2D eigenvalue weighted by Gasteiger charge is -2.27. The Kier molecular flexibility index (Phi) is 3.45. The minimum Gasteiger partial charge on any atom is -0.357 e. The summed E-state index contributed by atoms with van der Waals surface area (Å²) in [6.07, 6.45) is 5.71. The number of anilines is 1. The molecule has 0 spiro atoms. The summed E-state index contributed by atoms with van der Waals surface area (Å²) in [5.41, 5.74) is 0. The van der Waals surface area contributed by atoms with Crippen LogP contribution in [0.1, 0.15) is 12.8 Å². The van der Waals surface area contributed by atoms with Gasteiger partial charge in [0.15, 0.2) is 5.82 Å². The molecule has 0 radical (unpaired) electrons. The van der Waals surface area contributed by atoms with Crippen LogP contribution in [-0.4, -0.2) is 41.9 Å². The maximum atomic E-state index is 4.04. The molecular weight excluding hydrogens is 190 g/mol. The maximum absolute atomic E-state index is 4.04. The lowest BCUT2D eigenvalue weighted by molar-refractivity contribution is 0.377. The molecule has 2 heterocycles. The number of aromatic nitrogens is 3. The van der Waals surface area contributed by atoms with Crippen LogP contribution in [0.3, 0.4) is 0 Å². The number of nitrogens with zero attached hydrogens (tertiary/aromatic N) is 4. The number of nitrogens with one attached hydrogen (secondary N) is 1. The molecule has 0 amide bonds. The van der Waals surface area contributed by atoms with Gasteiger partial charge in [-0.05, 0) is 31.8 Å². The maximum Gasteiger partial charge on any atom is 0.169 e. The molecule has 1 aliphatic rings. The molecule has 1 saturated heterocycles. The summed E-state index contributed by atoms with van der Waals surface area (Å²) in [6.45, 7) is 3.32. The Hall–Kier alpha value is -1.23. The van der Waals surface area contributed by atoms with Crippen molar-refractivity contribution in [3.8, 4) is 0 Å². The second-order valence-corrected chi connectivity index (χ2v) is 4.04. The van der Waals surface area contributed by atoms with Crippen LogP contribution < -0.4 is 10.2 Å². The van der Waals surface area contributed by atoms with E-state index in [-0.39, 0.29) is 0 Å². The zero-order chi connectivity index (χ0) is 10.5. The van der Waals surface area contributed by atoms with Gasteiger partial charge in [-0.3, -0.25) is 0 Å². The smallest absolute Gasteiger partial charge is 0.169 e. The monoisotopic (exact) mass is 207 g/mol. The summed E-state index contributed by atoms with van der Waals surface area (Å²) in [6, 6.07) is 0. The van der Waals surface area contributed by atoms with E-state index in [0.29, 0.717) is 0 Å². The summed E-state index contributed by atoms with van der Waals surface area (Å²) in [5, 5.41) is 11.2. The molecule has 2 rings (SSSR count). The second-order valence-electron chi connectivity index (χ2n) is 4.04. The standard InChI is InChI=1S/C10H17N5/c1-15(10-6-12-8-13-14-10)7-9-2-4-11-5-3-9/h6,8-9,11H,2-5,7H2,1H3. The fraction of sp³-hybridized carbons (Fsp3) is 0.700. The third-order valence-electron chi connectivity index (χ3n) is 2.85. The predicted molar refractivity (Wildman–Crippen MR) is 58.7 cm³/mol. The van der Waals surface area contributed by atoms with Crippen LogP contribution in [-0.2, 0) is 0 Å². The molecule has 0 unspecified atom stereocenters. The van der Waals surface area contributed by atoms with E-state index >= 15 is 0 Å². The second kappa shape index (κ2) is 5.02.